The van der Waals surface area contributed by atoms with Crippen LogP contribution < -0.4 is 0 Å². The summed E-state index contributed by atoms with van der Waals surface area (Å²) in [5.74, 6) is 0.0118. The molecule has 112 valence electrons. The molecule has 0 aliphatic heterocycles. The Kier molecular flexibility index (Phi) is 9.35. The molecule has 2 atom stereocenters. The Morgan fingerprint density at radius 1 is 1.32 bits per heavy atom. The van der Waals surface area contributed by atoms with Gasteiger partial charge >= 0.3 is 11.9 Å². The summed E-state index contributed by atoms with van der Waals surface area (Å²) < 4.78 is 10.2. The second-order valence-corrected chi connectivity index (χ2v) is 6.40. The van der Waals surface area contributed by atoms with Crippen LogP contribution in [0.25, 0.3) is 0 Å². The number of carbonyl (C=O) groups is 2. The zero-order chi connectivity index (χ0) is 14.9. The number of rotatable bonds is 9. The average Bonchev–Trinajstić information content (AvgIpc) is 2.36. The van der Waals surface area contributed by atoms with Crippen molar-refractivity contribution in [1.82, 2.24) is 0 Å². The minimum Gasteiger partial charge on any atom is -0.466 e. The third-order valence-corrected chi connectivity index (χ3v) is 4.74. The Balaban J connectivity index is 5.17. The van der Waals surface area contributed by atoms with Crippen molar-refractivity contribution in [2.24, 2.45) is 0 Å². The van der Waals surface area contributed by atoms with Crippen LogP contribution in [0.15, 0.2) is 0 Å². The lowest BCUT2D eigenvalue weighted by Gasteiger charge is -2.32. The Hall–Kier alpha value is -0.360. The lowest BCUT2D eigenvalue weighted by atomic mass is 9.92. The molecule has 0 aromatic carbocycles. The number of hydrogen-bond acceptors (Lipinski definition) is 6. The van der Waals surface area contributed by atoms with Crippen LogP contribution in [0.1, 0.15) is 33.1 Å². The van der Waals surface area contributed by atoms with Gasteiger partial charge in [0.15, 0.2) is 0 Å². The van der Waals surface area contributed by atoms with Gasteiger partial charge in [0.1, 0.15) is 0 Å². The number of ether oxygens (including phenoxy) is 2. The van der Waals surface area contributed by atoms with E-state index in [1.165, 1.54) is 14.0 Å². The Morgan fingerprint density at radius 2 is 1.95 bits per heavy atom. The summed E-state index contributed by atoms with van der Waals surface area (Å²) in [6, 6.07) is 0. The zero-order valence-corrected chi connectivity index (χ0v) is 14.0. The molecule has 0 spiro atoms. The summed E-state index contributed by atoms with van der Waals surface area (Å²) in [5.41, 5.74) is -1.14. The Labute approximate surface area is 124 Å². The summed E-state index contributed by atoms with van der Waals surface area (Å²) in [5, 5.41) is 0.250. The first kappa shape index (κ1) is 18.6. The minimum absolute atomic E-state index is 0.250. The normalized spacial score (nSPS) is 15.4. The molecule has 0 aromatic rings. The summed E-state index contributed by atoms with van der Waals surface area (Å²) in [7, 11) is 1.33. The molecule has 0 fully saturated rings. The first-order valence-electron chi connectivity index (χ1n) is 6.25. The Morgan fingerprint density at radius 3 is 2.32 bits per heavy atom. The number of methoxy groups -OCH3 is 1. The second-order valence-electron chi connectivity index (χ2n) is 4.35. The number of esters is 2. The maximum atomic E-state index is 12.1. The van der Waals surface area contributed by atoms with Gasteiger partial charge in [-0.1, -0.05) is 13.3 Å². The van der Waals surface area contributed by atoms with E-state index in [2.05, 4.69) is 0 Å². The van der Waals surface area contributed by atoms with Crippen LogP contribution in [0.3, 0.4) is 0 Å². The van der Waals surface area contributed by atoms with Crippen molar-refractivity contribution in [2.75, 3.05) is 25.4 Å². The van der Waals surface area contributed by atoms with E-state index >= 15 is 0 Å². The Bertz CT molecular complexity index is 296. The molecule has 0 saturated heterocycles. The van der Waals surface area contributed by atoms with Crippen molar-refractivity contribution >= 4 is 35.5 Å². The van der Waals surface area contributed by atoms with E-state index in [1.54, 1.807) is 23.5 Å². The third kappa shape index (κ3) is 6.08. The molecule has 0 bridgehead atoms. The third-order valence-electron chi connectivity index (χ3n) is 2.79. The molecule has 6 heteroatoms. The molecule has 0 amide bonds. The van der Waals surface area contributed by atoms with E-state index in [9.17, 15) is 9.59 Å². The van der Waals surface area contributed by atoms with Crippen molar-refractivity contribution in [3.63, 3.8) is 0 Å². The predicted octanol–water partition coefficient (Wildman–Crippen LogP) is 2.75. The van der Waals surface area contributed by atoms with Crippen LogP contribution in [0, 0.1) is 0 Å². The number of hydrogen-bond donors (Lipinski definition) is 0. The van der Waals surface area contributed by atoms with E-state index in [0.717, 1.165) is 12.2 Å². The van der Waals surface area contributed by atoms with Gasteiger partial charge in [-0.05, 0) is 18.9 Å². The topological polar surface area (TPSA) is 52.6 Å². The fraction of sp³-hybridized carbons (Fsp3) is 0.846. The maximum absolute atomic E-state index is 12.1. The highest BCUT2D eigenvalue weighted by Crippen LogP contribution is 2.31. The quantitative estimate of drug-likeness (QED) is 0.611. The minimum atomic E-state index is -1.14. The number of thioether (sulfide) groups is 2. The maximum Gasteiger partial charge on any atom is 0.350 e. The van der Waals surface area contributed by atoms with Gasteiger partial charge in [-0.2, -0.15) is 23.5 Å². The van der Waals surface area contributed by atoms with Crippen LogP contribution in [0.5, 0.6) is 0 Å². The molecular weight excluding hydrogens is 284 g/mol. The molecule has 19 heavy (non-hydrogen) atoms. The monoisotopic (exact) mass is 308 g/mol. The molecule has 0 heterocycles. The molecule has 0 aliphatic carbocycles. The van der Waals surface area contributed by atoms with Gasteiger partial charge in [0.05, 0.1) is 7.11 Å². The molecule has 0 aromatic heterocycles. The summed E-state index contributed by atoms with van der Waals surface area (Å²) in [6.07, 6.45) is 5.76. The van der Waals surface area contributed by atoms with Crippen molar-refractivity contribution in [1.29, 1.82) is 0 Å². The average molecular weight is 308 g/mol. The molecule has 2 unspecified atom stereocenters. The molecule has 0 aliphatic rings. The summed E-state index contributed by atoms with van der Waals surface area (Å²) in [6.45, 7) is 3.29. The van der Waals surface area contributed by atoms with Gasteiger partial charge in [-0.25, -0.2) is 4.79 Å². The summed E-state index contributed by atoms with van der Waals surface area (Å²) in [4.78, 5) is 23.4. The predicted molar refractivity (Wildman–Crippen MR) is 81.7 cm³/mol. The second kappa shape index (κ2) is 9.53. The van der Waals surface area contributed by atoms with Gasteiger partial charge in [-0.3, -0.25) is 4.79 Å². The SMILES string of the molecule is CCCC(CC(CSC)SC)(OC(C)=O)C(=O)OC. The zero-order valence-electron chi connectivity index (χ0n) is 12.4. The fourth-order valence-corrected chi connectivity index (χ4v) is 3.93. The molecule has 0 rings (SSSR count). The fourth-order valence-electron chi connectivity index (χ4n) is 2.05. The van der Waals surface area contributed by atoms with E-state index in [0.29, 0.717) is 12.8 Å². The standard InChI is InChI=1S/C13H24O4S2/c1-6-7-13(12(15)16-3,17-10(2)14)8-11(19-5)9-18-4/h11H,6-9H2,1-5H3. The highest BCUT2D eigenvalue weighted by molar-refractivity contribution is 8.02. The highest BCUT2D eigenvalue weighted by atomic mass is 32.2. The van der Waals surface area contributed by atoms with Gasteiger partial charge in [-0.15, -0.1) is 0 Å². The van der Waals surface area contributed by atoms with E-state index in [1.807, 2.05) is 19.4 Å². The molecule has 4 nitrogen and oxygen atoms in total. The van der Waals surface area contributed by atoms with Crippen LogP contribution in [-0.2, 0) is 19.1 Å². The smallest absolute Gasteiger partial charge is 0.350 e. The summed E-state index contributed by atoms with van der Waals surface area (Å²) >= 11 is 3.40. The van der Waals surface area contributed by atoms with E-state index in [-0.39, 0.29) is 5.25 Å². The highest BCUT2D eigenvalue weighted by Gasteiger charge is 2.44. The first-order valence-corrected chi connectivity index (χ1v) is 8.93. The van der Waals surface area contributed by atoms with Crippen molar-refractivity contribution in [2.45, 2.75) is 44.0 Å². The van der Waals surface area contributed by atoms with Crippen LogP contribution in [0.2, 0.25) is 0 Å². The van der Waals surface area contributed by atoms with Crippen LogP contribution >= 0.6 is 23.5 Å². The molecule has 0 radical (unpaired) electrons. The van der Waals surface area contributed by atoms with Gasteiger partial charge < -0.3 is 9.47 Å². The van der Waals surface area contributed by atoms with Gasteiger partial charge in [0.25, 0.3) is 0 Å². The van der Waals surface area contributed by atoms with Crippen molar-refractivity contribution in [3.05, 3.63) is 0 Å². The van der Waals surface area contributed by atoms with E-state index in [4.69, 9.17) is 9.47 Å². The lowest BCUT2D eigenvalue weighted by Crippen LogP contribution is -2.46. The lowest BCUT2D eigenvalue weighted by molar-refractivity contribution is -0.181. The molecule has 0 N–H and O–H groups in total. The molecular formula is C13H24O4S2. The van der Waals surface area contributed by atoms with Gasteiger partial charge in [0, 0.05) is 24.3 Å². The first-order chi connectivity index (χ1) is 8.95. The van der Waals surface area contributed by atoms with Crippen molar-refractivity contribution < 1.29 is 19.1 Å². The van der Waals surface area contributed by atoms with Crippen molar-refractivity contribution in [3.8, 4) is 0 Å². The molecule has 0 saturated carbocycles. The number of carbonyl (C=O) groups excluding carboxylic acids is 2. The van der Waals surface area contributed by atoms with E-state index < -0.39 is 17.5 Å². The van der Waals surface area contributed by atoms with Gasteiger partial charge in [0.2, 0.25) is 5.60 Å². The van der Waals surface area contributed by atoms with Crippen LogP contribution in [-0.4, -0.2) is 48.2 Å². The largest absolute Gasteiger partial charge is 0.466 e. The van der Waals surface area contributed by atoms with Crippen LogP contribution in [0.4, 0.5) is 0 Å².